The van der Waals surface area contributed by atoms with Crippen LogP contribution in [0.15, 0.2) is 218 Å². The molecule has 0 radical (unpaired) electrons. The lowest BCUT2D eigenvalue weighted by Crippen LogP contribution is -2.13. The lowest BCUT2D eigenvalue weighted by atomic mass is 9.94. The Morgan fingerprint density at radius 2 is 0.485 bits per heavy atom. The van der Waals surface area contributed by atoms with Crippen molar-refractivity contribution >= 4 is 7.82 Å². The maximum atomic E-state index is 16.4. The molecule has 3 N–H and O–H groups in total. The molecule has 0 aliphatic rings. The fraction of sp³-hybridized carbons (Fsp3) is 0.100. The van der Waals surface area contributed by atoms with Crippen molar-refractivity contribution in [3.8, 4) is 34.5 Å². The molecule has 0 spiro atoms. The van der Waals surface area contributed by atoms with E-state index in [2.05, 4.69) is 0 Å². The number of aromatic hydroxyl groups is 3. The van der Waals surface area contributed by atoms with Gasteiger partial charge in [-0.2, -0.15) is 4.57 Å². The molecule has 8 heteroatoms. The summed E-state index contributed by atoms with van der Waals surface area (Å²) < 4.78 is 36.5. The number of phosphoric acid groups is 1. The summed E-state index contributed by atoms with van der Waals surface area (Å²) in [7, 11) is -5.15. The summed E-state index contributed by atoms with van der Waals surface area (Å²) in [4.78, 5) is 0. The van der Waals surface area contributed by atoms with Crippen LogP contribution in [-0.4, -0.2) is 15.3 Å². The van der Waals surface area contributed by atoms with E-state index < -0.39 is 7.82 Å². The number of hydrogen-bond acceptors (Lipinski definition) is 7. The highest BCUT2D eigenvalue weighted by atomic mass is 31.2. The number of phenols is 3. The maximum absolute atomic E-state index is 16.4. The first kappa shape index (κ1) is 45.2. The van der Waals surface area contributed by atoms with Crippen LogP contribution in [0, 0.1) is 0 Å². The summed E-state index contributed by atoms with van der Waals surface area (Å²) in [6, 6.07) is 69.2. The molecule has 0 fully saturated rings. The fourth-order valence-corrected chi connectivity index (χ4v) is 9.98. The zero-order chi connectivity index (χ0) is 46.7. The molecule has 7 nitrogen and oxygen atoms in total. The van der Waals surface area contributed by atoms with Crippen molar-refractivity contribution in [2.45, 2.75) is 38.5 Å². The maximum Gasteiger partial charge on any atom is 0.647 e. The van der Waals surface area contributed by atoms with Crippen molar-refractivity contribution in [2.24, 2.45) is 0 Å². The van der Waals surface area contributed by atoms with Crippen molar-refractivity contribution in [3.63, 3.8) is 0 Å². The van der Waals surface area contributed by atoms with Gasteiger partial charge >= 0.3 is 7.82 Å². The van der Waals surface area contributed by atoms with E-state index in [1.54, 1.807) is 0 Å². The molecule has 0 atom stereocenters. The average molecular weight is 915 g/mol. The second-order valence-electron chi connectivity index (χ2n) is 16.8. The Morgan fingerprint density at radius 3 is 0.706 bits per heavy atom. The zero-order valence-corrected chi connectivity index (χ0v) is 38.3. The minimum absolute atomic E-state index is 0.111. The minimum Gasteiger partial charge on any atom is -0.504 e. The van der Waals surface area contributed by atoms with Crippen molar-refractivity contribution in [1.82, 2.24) is 0 Å². The molecular formula is C60H51O7P. The predicted molar refractivity (Wildman–Crippen MR) is 269 cm³/mol. The highest BCUT2D eigenvalue weighted by Crippen LogP contribution is 2.57. The van der Waals surface area contributed by atoms with Gasteiger partial charge in [-0.05, 0) is 87.5 Å². The van der Waals surface area contributed by atoms with Gasteiger partial charge in [-0.15, -0.1) is 0 Å². The van der Waals surface area contributed by atoms with Crippen LogP contribution in [0.2, 0.25) is 0 Å². The molecule has 0 aliphatic carbocycles. The van der Waals surface area contributed by atoms with Crippen molar-refractivity contribution in [1.29, 1.82) is 0 Å². The SMILES string of the molecule is O=P(Oc1c(O)ccc(Cc2ccccc2)c1Cc1ccccc1)(Oc1c(O)ccc(Cc2ccccc2)c1Cc1ccccc1)Oc1c(O)ccc(Cc2ccccc2)c1Cc1ccccc1. The summed E-state index contributed by atoms with van der Waals surface area (Å²) in [6.07, 6.45) is 2.29. The van der Waals surface area contributed by atoms with Gasteiger partial charge in [-0.1, -0.05) is 200 Å². The molecule has 9 aromatic rings. The van der Waals surface area contributed by atoms with Gasteiger partial charge in [-0.3, -0.25) is 0 Å². The number of phosphoric ester groups is 1. The predicted octanol–water partition coefficient (Wildman–Crippen LogP) is 14.0. The molecule has 68 heavy (non-hydrogen) atoms. The third-order valence-electron chi connectivity index (χ3n) is 12.0. The van der Waals surface area contributed by atoms with Gasteiger partial charge in [0.15, 0.2) is 34.5 Å². The zero-order valence-electron chi connectivity index (χ0n) is 37.4. The van der Waals surface area contributed by atoms with Crippen LogP contribution in [0.4, 0.5) is 0 Å². The molecule has 9 aromatic carbocycles. The van der Waals surface area contributed by atoms with Crippen LogP contribution >= 0.6 is 7.82 Å². The van der Waals surface area contributed by atoms with Crippen LogP contribution in [-0.2, 0) is 43.1 Å². The van der Waals surface area contributed by atoms with Crippen LogP contribution in [0.5, 0.6) is 34.5 Å². The van der Waals surface area contributed by atoms with E-state index in [0.717, 1.165) is 50.1 Å². The van der Waals surface area contributed by atoms with Gasteiger partial charge in [0.25, 0.3) is 0 Å². The molecule has 0 saturated carbocycles. The largest absolute Gasteiger partial charge is 0.647 e. The Hall–Kier alpha value is -7.99. The van der Waals surface area contributed by atoms with Crippen LogP contribution in [0.1, 0.15) is 66.8 Å². The van der Waals surface area contributed by atoms with Gasteiger partial charge < -0.3 is 28.9 Å². The van der Waals surface area contributed by atoms with Gasteiger partial charge in [0.1, 0.15) is 0 Å². The van der Waals surface area contributed by atoms with Crippen molar-refractivity contribution in [2.75, 3.05) is 0 Å². The highest BCUT2D eigenvalue weighted by Gasteiger charge is 2.40. The van der Waals surface area contributed by atoms with E-state index in [0.29, 0.717) is 55.2 Å². The molecule has 0 heterocycles. The summed E-state index contributed by atoms with van der Waals surface area (Å²) in [5, 5.41) is 35.8. The van der Waals surface area contributed by atoms with Gasteiger partial charge in [0.2, 0.25) is 0 Å². The minimum atomic E-state index is -5.15. The quantitative estimate of drug-likeness (QED) is 0.0736. The van der Waals surface area contributed by atoms with Gasteiger partial charge in [-0.25, -0.2) is 0 Å². The fourth-order valence-electron chi connectivity index (χ4n) is 8.59. The number of phenolic OH excluding ortho intramolecular Hbond substituents is 3. The lowest BCUT2D eigenvalue weighted by Gasteiger charge is -2.26. The van der Waals surface area contributed by atoms with E-state index in [1.165, 1.54) is 18.2 Å². The lowest BCUT2D eigenvalue weighted by molar-refractivity contribution is 0.279. The van der Waals surface area contributed by atoms with Crippen LogP contribution in [0.3, 0.4) is 0 Å². The summed E-state index contributed by atoms with van der Waals surface area (Å²) in [5.74, 6) is -1.21. The Bertz CT molecular complexity index is 2790. The molecule has 0 unspecified atom stereocenters. The third kappa shape index (κ3) is 11.2. The Morgan fingerprint density at radius 1 is 0.279 bits per heavy atom. The molecule has 0 amide bonds. The van der Waals surface area contributed by atoms with E-state index in [-0.39, 0.29) is 34.5 Å². The van der Waals surface area contributed by atoms with Crippen molar-refractivity contribution < 1.29 is 33.5 Å². The highest BCUT2D eigenvalue weighted by molar-refractivity contribution is 7.49. The van der Waals surface area contributed by atoms with Gasteiger partial charge in [0, 0.05) is 36.0 Å². The average Bonchev–Trinajstić information content (AvgIpc) is 3.37. The van der Waals surface area contributed by atoms with E-state index >= 15 is 4.57 Å². The number of rotatable bonds is 18. The molecule has 0 aliphatic heterocycles. The molecule has 9 rings (SSSR count). The summed E-state index contributed by atoms with van der Waals surface area (Å²) in [5.41, 5.74) is 9.94. The normalized spacial score (nSPS) is 11.2. The first-order valence-corrected chi connectivity index (χ1v) is 24.2. The summed E-state index contributed by atoms with van der Waals surface area (Å²) in [6.45, 7) is 0. The topological polar surface area (TPSA) is 105 Å². The molecular weight excluding hydrogens is 864 g/mol. The Kier molecular flexibility index (Phi) is 14.0. The second kappa shape index (κ2) is 21.1. The standard InChI is InChI=1S/C60H51O7P/c61-55-34-31-49(37-43-19-7-1-8-20-43)52(40-46-25-13-4-14-26-46)58(55)65-68(64,66-59-53(41-47-27-15-5-16-28-47)50(32-35-56(59)62)38-44-21-9-2-10-22-44)67-60-54(42-48-29-17-6-18-30-48)51(33-36-57(60)63)39-45-23-11-3-12-24-45/h1-36,61-63H,37-42H2. The molecule has 0 aromatic heterocycles. The molecule has 0 saturated heterocycles. The number of hydrogen-bond donors (Lipinski definition) is 3. The van der Waals surface area contributed by atoms with Crippen LogP contribution in [0.25, 0.3) is 0 Å². The van der Waals surface area contributed by atoms with Crippen molar-refractivity contribution in [3.05, 3.63) is 285 Å². The van der Waals surface area contributed by atoms with E-state index in [1.807, 2.05) is 200 Å². The molecule has 0 bridgehead atoms. The summed E-state index contributed by atoms with van der Waals surface area (Å²) >= 11 is 0. The molecule has 338 valence electrons. The third-order valence-corrected chi connectivity index (χ3v) is 13.2. The monoisotopic (exact) mass is 914 g/mol. The Labute approximate surface area is 397 Å². The van der Waals surface area contributed by atoms with Gasteiger partial charge in [0.05, 0.1) is 0 Å². The Balaban J connectivity index is 1.24. The van der Waals surface area contributed by atoms with E-state index in [9.17, 15) is 15.3 Å². The number of benzene rings is 9. The van der Waals surface area contributed by atoms with E-state index in [4.69, 9.17) is 13.6 Å². The first-order valence-electron chi connectivity index (χ1n) is 22.7. The smallest absolute Gasteiger partial charge is 0.504 e. The van der Waals surface area contributed by atoms with Crippen LogP contribution < -0.4 is 13.6 Å². The first-order chi connectivity index (χ1) is 33.3. The second-order valence-corrected chi connectivity index (χ2v) is 18.3.